The maximum atomic E-state index is 13.0. The second-order valence-corrected chi connectivity index (χ2v) is 5.96. The number of hydrogen-bond donors (Lipinski definition) is 2. The van der Waals surface area contributed by atoms with Crippen LogP contribution in [0.1, 0.15) is 18.9 Å². The van der Waals surface area contributed by atoms with Gasteiger partial charge in [-0.1, -0.05) is 19.1 Å². The molecule has 3 rings (SSSR count). The molecule has 1 aliphatic rings. The Hall–Kier alpha value is -2.89. The third-order valence-electron chi connectivity index (χ3n) is 4.24. The smallest absolute Gasteiger partial charge is 0.319 e. The van der Waals surface area contributed by atoms with Gasteiger partial charge in [-0.05, 0) is 54.8 Å². The highest BCUT2D eigenvalue weighted by Crippen LogP contribution is 2.22. The maximum Gasteiger partial charge on any atom is 0.319 e. The minimum Gasteiger partial charge on any atom is -0.326 e. The number of carbonyl (C=O) groups is 2. The Labute approximate surface area is 145 Å². The number of halogens is 1. The van der Waals surface area contributed by atoms with Gasteiger partial charge < -0.3 is 15.5 Å². The molecule has 2 N–H and O–H groups in total. The Balaban J connectivity index is 1.60. The number of anilines is 2. The fourth-order valence-corrected chi connectivity index (χ4v) is 2.89. The molecule has 0 aromatic heterocycles. The summed E-state index contributed by atoms with van der Waals surface area (Å²) in [5, 5.41) is 5.47. The molecule has 1 unspecified atom stereocenters. The van der Waals surface area contributed by atoms with Crippen molar-refractivity contribution in [2.75, 3.05) is 16.8 Å². The average Bonchev–Trinajstić information content (AvgIpc) is 2.96. The number of nitrogens with one attached hydrogen (secondary N) is 2. The van der Waals surface area contributed by atoms with Crippen molar-refractivity contribution >= 4 is 23.3 Å². The lowest BCUT2D eigenvalue weighted by molar-refractivity contribution is -0.118. The Morgan fingerprint density at radius 1 is 1.24 bits per heavy atom. The largest absolute Gasteiger partial charge is 0.326 e. The van der Waals surface area contributed by atoms with Gasteiger partial charge in [-0.15, -0.1) is 0 Å². The lowest BCUT2D eigenvalue weighted by Crippen LogP contribution is -2.43. The Bertz CT molecular complexity index is 776. The van der Waals surface area contributed by atoms with Gasteiger partial charge in [0, 0.05) is 17.9 Å². The first kappa shape index (κ1) is 17.0. The van der Waals surface area contributed by atoms with E-state index >= 15 is 0 Å². The van der Waals surface area contributed by atoms with E-state index in [0.717, 1.165) is 12.0 Å². The molecule has 0 saturated carbocycles. The molecular weight excluding hydrogens is 321 g/mol. The van der Waals surface area contributed by atoms with Crippen LogP contribution in [0.25, 0.3) is 0 Å². The van der Waals surface area contributed by atoms with Crippen LogP contribution < -0.4 is 15.5 Å². The molecule has 130 valence electrons. The van der Waals surface area contributed by atoms with Crippen molar-refractivity contribution in [3.05, 3.63) is 59.9 Å². The molecule has 1 heterocycles. The lowest BCUT2D eigenvalue weighted by Gasteiger charge is -2.17. The van der Waals surface area contributed by atoms with Gasteiger partial charge in [0.1, 0.15) is 11.9 Å². The fourth-order valence-electron chi connectivity index (χ4n) is 2.89. The minimum atomic E-state index is -0.584. The van der Waals surface area contributed by atoms with E-state index in [0.29, 0.717) is 24.3 Å². The molecule has 3 amide bonds. The van der Waals surface area contributed by atoms with Crippen LogP contribution in [-0.2, 0) is 11.2 Å². The van der Waals surface area contributed by atoms with Crippen LogP contribution in [0.15, 0.2) is 48.5 Å². The standard InChI is InChI=1S/C19H20FN3O2/c1-2-13-4-3-5-15(12-13)21-19(25)22-17-10-11-23(18(17)24)16-8-6-14(20)7-9-16/h3-9,12,17H,2,10-11H2,1H3,(H2,21,22,25). The van der Waals surface area contributed by atoms with Gasteiger partial charge >= 0.3 is 6.03 Å². The van der Waals surface area contributed by atoms with Crippen molar-refractivity contribution in [3.8, 4) is 0 Å². The summed E-state index contributed by atoms with van der Waals surface area (Å²) in [4.78, 5) is 26.2. The number of urea groups is 1. The van der Waals surface area contributed by atoms with Gasteiger partial charge in [0.15, 0.2) is 0 Å². The Kier molecular flexibility index (Phi) is 4.97. The monoisotopic (exact) mass is 341 g/mol. The molecule has 6 heteroatoms. The second kappa shape index (κ2) is 7.34. The summed E-state index contributed by atoms with van der Waals surface area (Å²) in [6.45, 7) is 2.53. The van der Waals surface area contributed by atoms with Crippen LogP contribution in [0.3, 0.4) is 0 Å². The quantitative estimate of drug-likeness (QED) is 0.896. The fraction of sp³-hybridized carbons (Fsp3) is 0.263. The van der Waals surface area contributed by atoms with E-state index in [9.17, 15) is 14.0 Å². The first-order chi connectivity index (χ1) is 12.1. The zero-order chi connectivity index (χ0) is 17.8. The third kappa shape index (κ3) is 3.96. The summed E-state index contributed by atoms with van der Waals surface area (Å²) >= 11 is 0. The van der Waals surface area contributed by atoms with E-state index in [2.05, 4.69) is 10.6 Å². The molecule has 25 heavy (non-hydrogen) atoms. The predicted molar refractivity (Wildman–Crippen MR) is 95.1 cm³/mol. The predicted octanol–water partition coefficient (Wildman–Crippen LogP) is 3.32. The van der Waals surface area contributed by atoms with Crippen LogP contribution in [0.4, 0.5) is 20.6 Å². The molecule has 1 saturated heterocycles. The van der Waals surface area contributed by atoms with E-state index in [1.54, 1.807) is 23.1 Å². The number of hydrogen-bond acceptors (Lipinski definition) is 2. The molecule has 2 aromatic rings. The van der Waals surface area contributed by atoms with Crippen molar-refractivity contribution in [3.63, 3.8) is 0 Å². The van der Waals surface area contributed by atoms with Gasteiger partial charge in [-0.2, -0.15) is 0 Å². The molecule has 0 spiro atoms. The van der Waals surface area contributed by atoms with Crippen molar-refractivity contribution in [2.24, 2.45) is 0 Å². The Morgan fingerprint density at radius 3 is 2.72 bits per heavy atom. The second-order valence-electron chi connectivity index (χ2n) is 5.96. The molecule has 0 bridgehead atoms. The average molecular weight is 341 g/mol. The van der Waals surface area contributed by atoms with Crippen molar-refractivity contribution in [1.82, 2.24) is 5.32 Å². The first-order valence-electron chi connectivity index (χ1n) is 8.30. The number of aryl methyl sites for hydroxylation is 1. The van der Waals surface area contributed by atoms with Crippen LogP contribution in [-0.4, -0.2) is 24.5 Å². The zero-order valence-electron chi connectivity index (χ0n) is 14.0. The van der Waals surface area contributed by atoms with Crippen molar-refractivity contribution < 1.29 is 14.0 Å². The van der Waals surface area contributed by atoms with E-state index in [-0.39, 0.29) is 11.7 Å². The van der Waals surface area contributed by atoms with E-state index in [1.165, 1.54) is 12.1 Å². The van der Waals surface area contributed by atoms with Crippen LogP contribution >= 0.6 is 0 Å². The highest BCUT2D eigenvalue weighted by Gasteiger charge is 2.33. The molecule has 1 aliphatic heterocycles. The topological polar surface area (TPSA) is 61.4 Å². The van der Waals surface area contributed by atoms with Gasteiger partial charge in [0.2, 0.25) is 5.91 Å². The molecule has 2 aromatic carbocycles. The normalized spacial score (nSPS) is 16.8. The SMILES string of the molecule is CCc1cccc(NC(=O)NC2CCN(c3ccc(F)cc3)C2=O)c1. The molecule has 1 atom stereocenters. The van der Waals surface area contributed by atoms with Gasteiger partial charge in [0.25, 0.3) is 0 Å². The summed E-state index contributed by atoms with van der Waals surface area (Å²) in [5.74, 6) is -0.539. The number of rotatable bonds is 4. The van der Waals surface area contributed by atoms with Crippen LogP contribution in [0.2, 0.25) is 0 Å². The molecule has 0 radical (unpaired) electrons. The molecular formula is C19H20FN3O2. The van der Waals surface area contributed by atoms with Gasteiger partial charge in [0.05, 0.1) is 0 Å². The van der Waals surface area contributed by atoms with E-state index < -0.39 is 12.1 Å². The van der Waals surface area contributed by atoms with E-state index in [4.69, 9.17) is 0 Å². The van der Waals surface area contributed by atoms with Gasteiger partial charge in [-0.25, -0.2) is 9.18 Å². The van der Waals surface area contributed by atoms with E-state index in [1.807, 2.05) is 25.1 Å². The number of carbonyl (C=O) groups excluding carboxylic acids is 2. The summed E-state index contributed by atoms with van der Waals surface area (Å²) in [5.41, 5.74) is 2.45. The summed E-state index contributed by atoms with van der Waals surface area (Å²) in [7, 11) is 0. The lowest BCUT2D eigenvalue weighted by atomic mass is 10.1. The van der Waals surface area contributed by atoms with Crippen molar-refractivity contribution in [1.29, 1.82) is 0 Å². The highest BCUT2D eigenvalue weighted by atomic mass is 19.1. The zero-order valence-corrected chi connectivity index (χ0v) is 14.0. The number of amides is 3. The summed E-state index contributed by atoms with van der Waals surface area (Å²) in [6, 6.07) is 12.3. The maximum absolute atomic E-state index is 13.0. The first-order valence-corrected chi connectivity index (χ1v) is 8.30. The minimum absolute atomic E-state index is 0.191. The number of benzene rings is 2. The van der Waals surface area contributed by atoms with Crippen LogP contribution in [0, 0.1) is 5.82 Å². The summed E-state index contributed by atoms with van der Waals surface area (Å²) < 4.78 is 13.0. The highest BCUT2D eigenvalue weighted by molar-refractivity contribution is 6.02. The van der Waals surface area contributed by atoms with Gasteiger partial charge in [-0.3, -0.25) is 4.79 Å². The Morgan fingerprint density at radius 2 is 2.00 bits per heavy atom. The molecule has 1 fully saturated rings. The molecule has 5 nitrogen and oxygen atoms in total. The third-order valence-corrected chi connectivity index (χ3v) is 4.24. The molecule has 0 aliphatic carbocycles. The van der Waals surface area contributed by atoms with Crippen LogP contribution in [0.5, 0.6) is 0 Å². The number of nitrogens with zero attached hydrogens (tertiary/aromatic N) is 1. The summed E-state index contributed by atoms with van der Waals surface area (Å²) in [6.07, 6.45) is 1.39. The van der Waals surface area contributed by atoms with Crippen molar-refractivity contribution in [2.45, 2.75) is 25.8 Å².